The molecule has 1 aromatic carbocycles. The standard InChI is InChI=1S/C19H18ClNO4S/c1-3-16(22)25-17-10-12-11-21(9-8-15(12)26-17)18(19(23)24-2)13-6-4-5-7-14(13)20/h3-7,10,18H,1,8-9,11H2,2H3. The van der Waals surface area contributed by atoms with E-state index < -0.39 is 12.0 Å². The Morgan fingerprint density at radius 3 is 2.85 bits per heavy atom. The highest BCUT2D eigenvalue weighted by atomic mass is 35.5. The predicted molar refractivity (Wildman–Crippen MR) is 100 cm³/mol. The van der Waals surface area contributed by atoms with Gasteiger partial charge in [-0.25, -0.2) is 9.59 Å². The Morgan fingerprint density at radius 1 is 1.38 bits per heavy atom. The summed E-state index contributed by atoms with van der Waals surface area (Å²) in [4.78, 5) is 27.0. The van der Waals surface area contributed by atoms with E-state index in [4.69, 9.17) is 21.1 Å². The average Bonchev–Trinajstić information content (AvgIpc) is 3.04. The van der Waals surface area contributed by atoms with Gasteiger partial charge < -0.3 is 9.47 Å². The van der Waals surface area contributed by atoms with Gasteiger partial charge in [-0.3, -0.25) is 4.90 Å². The van der Waals surface area contributed by atoms with Crippen LogP contribution in [0.1, 0.15) is 22.0 Å². The number of carbonyl (C=O) groups excluding carboxylic acids is 2. The van der Waals surface area contributed by atoms with Gasteiger partial charge in [-0.15, -0.1) is 11.3 Å². The number of methoxy groups -OCH3 is 1. The van der Waals surface area contributed by atoms with Gasteiger partial charge in [-0.05, 0) is 29.7 Å². The Hall–Kier alpha value is -2.15. The van der Waals surface area contributed by atoms with Crippen LogP contribution < -0.4 is 4.74 Å². The van der Waals surface area contributed by atoms with Crippen molar-refractivity contribution >= 4 is 34.9 Å². The first-order valence-electron chi connectivity index (χ1n) is 8.05. The molecule has 0 spiro atoms. The van der Waals surface area contributed by atoms with Crippen molar-refractivity contribution < 1.29 is 19.1 Å². The van der Waals surface area contributed by atoms with E-state index in [9.17, 15) is 9.59 Å². The minimum absolute atomic E-state index is 0.352. The van der Waals surface area contributed by atoms with Crippen LogP contribution in [-0.4, -0.2) is 30.5 Å². The van der Waals surface area contributed by atoms with Crippen LogP contribution in [0.5, 0.6) is 5.06 Å². The summed E-state index contributed by atoms with van der Waals surface area (Å²) < 4.78 is 10.2. The van der Waals surface area contributed by atoms with Crippen molar-refractivity contribution in [3.63, 3.8) is 0 Å². The molecule has 1 aromatic heterocycles. The monoisotopic (exact) mass is 391 g/mol. The van der Waals surface area contributed by atoms with Crippen molar-refractivity contribution in [1.82, 2.24) is 4.90 Å². The minimum Gasteiger partial charge on any atom is -0.468 e. The molecule has 5 nitrogen and oxygen atoms in total. The van der Waals surface area contributed by atoms with Crippen LogP contribution in [0, 0.1) is 0 Å². The number of carbonyl (C=O) groups is 2. The Labute approximate surface area is 160 Å². The van der Waals surface area contributed by atoms with Crippen LogP contribution in [0.25, 0.3) is 0 Å². The molecule has 3 rings (SSSR count). The van der Waals surface area contributed by atoms with Gasteiger partial charge in [0, 0.05) is 29.1 Å². The Kier molecular flexibility index (Phi) is 5.76. The predicted octanol–water partition coefficient (Wildman–Crippen LogP) is 3.77. The molecule has 136 valence electrons. The van der Waals surface area contributed by atoms with Gasteiger partial charge >= 0.3 is 11.9 Å². The summed E-state index contributed by atoms with van der Waals surface area (Å²) >= 11 is 7.76. The summed E-state index contributed by atoms with van der Waals surface area (Å²) in [6.07, 6.45) is 1.89. The lowest BCUT2D eigenvalue weighted by atomic mass is 10.0. The number of ether oxygens (including phenoxy) is 2. The van der Waals surface area contributed by atoms with E-state index in [1.807, 2.05) is 29.2 Å². The lowest BCUT2D eigenvalue weighted by molar-refractivity contribution is -0.147. The SMILES string of the molecule is C=CC(=O)Oc1cc2c(s1)CCN(C(C(=O)OC)c1ccccc1Cl)C2. The maximum Gasteiger partial charge on any atom is 0.336 e. The van der Waals surface area contributed by atoms with Gasteiger partial charge in [-0.1, -0.05) is 36.4 Å². The van der Waals surface area contributed by atoms with E-state index in [2.05, 4.69) is 6.58 Å². The molecule has 1 atom stereocenters. The van der Waals surface area contributed by atoms with Crippen LogP contribution in [0.2, 0.25) is 5.02 Å². The average molecular weight is 392 g/mol. The number of esters is 2. The Balaban J connectivity index is 1.87. The normalized spacial score (nSPS) is 15.0. The van der Waals surface area contributed by atoms with E-state index in [1.165, 1.54) is 18.4 Å². The molecule has 2 heterocycles. The molecule has 0 radical (unpaired) electrons. The molecule has 2 aromatic rings. The lowest BCUT2D eigenvalue weighted by Gasteiger charge is -2.33. The molecule has 7 heteroatoms. The first-order valence-corrected chi connectivity index (χ1v) is 9.25. The maximum atomic E-state index is 12.5. The van der Waals surface area contributed by atoms with Gasteiger partial charge in [0.15, 0.2) is 5.06 Å². The zero-order chi connectivity index (χ0) is 18.7. The number of hydrogen-bond acceptors (Lipinski definition) is 6. The molecule has 1 aliphatic rings. The number of hydrogen-bond donors (Lipinski definition) is 0. The molecule has 1 aliphatic heterocycles. The minimum atomic E-state index is -0.582. The second-order valence-electron chi connectivity index (χ2n) is 5.81. The first-order chi connectivity index (χ1) is 12.5. The van der Waals surface area contributed by atoms with E-state index in [1.54, 1.807) is 6.07 Å². The molecule has 0 fully saturated rings. The van der Waals surface area contributed by atoms with E-state index >= 15 is 0 Å². The fraction of sp³-hybridized carbons (Fsp3) is 0.263. The third-order valence-corrected chi connectivity index (χ3v) is 5.69. The molecule has 0 bridgehead atoms. The van der Waals surface area contributed by atoms with E-state index in [-0.39, 0.29) is 5.97 Å². The number of thiophene rings is 1. The summed E-state index contributed by atoms with van der Waals surface area (Å²) in [6, 6.07) is 8.54. The van der Waals surface area contributed by atoms with Crippen LogP contribution in [0.15, 0.2) is 43.0 Å². The summed E-state index contributed by atoms with van der Waals surface area (Å²) in [5, 5.41) is 1.06. The van der Waals surface area contributed by atoms with E-state index in [0.717, 1.165) is 28.5 Å². The number of halogens is 1. The largest absolute Gasteiger partial charge is 0.468 e. The number of nitrogens with zero attached hydrogens (tertiary/aromatic N) is 1. The van der Waals surface area contributed by atoms with Crippen LogP contribution in [0.3, 0.4) is 0 Å². The molecule has 26 heavy (non-hydrogen) atoms. The molecule has 0 saturated carbocycles. The summed E-state index contributed by atoms with van der Waals surface area (Å²) in [5.74, 6) is -0.834. The van der Waals surface area contributed by atoms with Gasteiger partial charge in [0.05, 0.1) is 7.11 Å². The van der Waals surface area contributed by atoms with Crippen LogP contribution in [-0.2, 0) is 27.3 Å². The van der Waals surface area contributed by atoms with Gasteiger partial charge in [0.1, 0.15) is 6.04 Å². The molecule has 1 unspecified atom stereocenters. The molecular weight excluding hydrogens is 374 g/mol. The van der Waals surface area contributed by atoms with Gasteiger partial charge in [0.2, 0.25) is 0 Å². The first kappa shape index (κ1) is 18.6. The zero-order valence-electron chi connectivity index (χ0n) is 14.2. The van der Waals surface area contributed by atoms with Crippen molar-refractivity contribution in [2.45, 2.75) is 19.0 Å². The van der Waals surface area contributed by atoms with Gasteiger partial charge in [-0.2, -0.15) is 0 Å². The lowest BCUT2D eigenvalue weighted by Crippen LogP contribution is -2.38. The highest BCUT2D eigenvalue weighted by Crippen LogP contribution is 2.37. The number of fused-ring (bicyclic) bond motifs is 1. The third-order valence-electron chi connectivity index (χ3n) is 4.23. The molecule has 0 amide bonds. The number of rotatable bonds is 5. The zero-order valence-corrected chi connectivity index (χ0v) is 15.8. The summed E-state index contributed by atoms with van der Waals surface area (Å²) in [6.45, 7) is 4.62. The number of benzene rings is 1. The Morgan fingerprint density at radius 2 is 2.15 bits per heavy atom. The quantitative estimate of drug-likeness (QED) is 0.573. The third kappa shape index (κ3) is 3.82. The summed E-state index contributed by atoms with van der Waals surface area (Å²) in [5.41, 5.74) is 1.76. The smallest absolute Gasteiger partial charge is 0.336 e. The fourth-order valence-corrected chi connectivity index (χ4v) is 4.28. The molecule has 0 saturated heterocycles. The van der Waals surface area contributed by atoms with Crippen molar-refractivity contribution in [3.05, 3.63) is 64.0 Å². The van der Waals surface area contributed by atoms with Crippen molar-refractivity contribution in [3.8, 4) is 5.06 Å². The second-order valence-corrected chi connectivity index (χ2v) is 7.31. The highest BCUT2D eigenvalue weighted by Gasteiger charge is 2.33. The topological polar surface area (TPSA) is 55.8 Å². The Bertz CT molecular complexity index is 848. The van der Waals surface area contributed by atoms with Crippen molar-refractivity contribution in [2.24, 2.45) is 0 Å². The molecule has 0 N–H and O–H groups in total. The van der Waals surface area contributed by atoms with Crippen LogP contribution in [0.4, 0.5) is 0 Å². The van der Waals surface area contributed by atoms with E-state index in [0.29, 0.717) is 23.2 Å². The maximum absolute atomic E-state index is 12.5. The second kappa shape index (κ2) is 8.03. The van der Waals surface area contributed by atoms with Crippen molar-refractivity contribution in [2.75, 3.05) is 13.7 Å². The van der Waals surface area contributed by atoms with Gasteiger partial charge in [0.25, 0.3) is 0 Å². The molecule has 0 aliphatic carbocycles. The van der Waals surface area contributed by atoms with Crippen molar-refractivity contribution in [1.29, 1.82) is 0 Å². The highest BCUT2D eigenvalue weighted by molar-refractivity contribution is 7.14. The molecular formula is C19H18ClNO4S. The summed E-state index contributed by atoms with van der Waals surface area (Å²) in [7, 11) is 1.37. The fourth-order valence-electron chi connectivity index (χ4n) is 3.02. The van der Waals surface area contributed by atoms with Crippen LogP contribution >= 0.6 is 22.9 Å².